The van der Waals surface area contributed by atoms with Gasteiger partial charge in [-0.15, -0.1) is 0 Å². The highest BCUT2D eigenvalue weighted by Gasteiger charge is 2.21. The topological polar surface area (TPSA) is 48.0 Å². The van der Waals surface area contributed by atoms with Gasteiger partial charge in [-0.25, -0.2) is 0 Å². The van der Waals surface area contributed by atoms with Crippen LogP contribution in [-0.2, 0) is 13.0 Å². The Balaban J connectivity index is 1.98. The number of benzene rings is 1. The maximum atomic E-state index is 12.4. The van der Waals surface area contributed by atoms with Gasteiger partial charge in [0.15, 0.2) is 0 Å². The first-order valence-electron chi connectivity index (χ1n) is 7.30. The molecule has 1 aliphatic rings. The molecule has 1 heterocycles. The molecule has 110 valence electrons. The number of fused-ring (bicyclic) bond motifs is 1. The molecule has 21 heavy (non-hydrogen) atoms. The molecule has 0 bridgehead atoms. The summed E-state index contributed by atoms with van der Waals surface area (Å²) in [7, 11) is 0. The number of nitrogens with zero attached hydrogens (tertiary/aromatic N) is 1. The first-order valence-corrected chi connectivity index (χ1v) is 8.10. The van der Waals surface area contributed by atoms with Gasteiger partial charge in [-0.3, -0.25) is 4.79 Å². The summed E-state index contributed by atoms with van der Waals surface area (Å²) < 4.78 is 2.32. The summed E-state index contributed by atoms with van der Waals surface area (Å²) in [6, 6.07) is 8.56. The highest BCUT2D eigenvalue weighted by molar-refractivity contribution is 9.10. The number of pyridine rings is 1. The van der Waals surface area contributed by atoms with Gasteiger partial charge in [-0.05, 0) is 58.8 Å². The molecule has 0 aliphatic heterocycles. The molecular weight excluding hydrogens is 328 g/mol. The number of aromatic nitrogens is 1. The summed E-state index contributed by atoms with van der Waals surface area (Å²) in [6.45, 7) is 2.56. The summed E-state index contributed by atoms with van der Waals surface area (Å²) in [4.78, 5) is 12.4. The van der Waals surface area contributed by atoms with Gasteiger partial charge in [-0.2, -0.15) is 0 Å². The molecule has 0 saturated heterocycles. The van der Waals surface area contributed by atoms with Crippen molar-refractivity contribution in [1.29, 1.82) is 0 Å². The zero-order valence-corrected chi connectivity index (χ0v) is 13.7. The number of hydrogen-bond acceptors (Lipinski definition) is 2. The highest BCUT2D eigenvalue weighted by atomic mass is 79.9. The lowest BCUT2D eigenvalue weighted by Gasteiger charge is -2.26. The number of hydrogen-bond donors (Lipinski definition) is 1. The standard InChI is InChI=1S/C17H19BrN2O/c1-11-15(19)10-20(17(21)16(11)18)9-13-7-4-6-12-5-2-3-8-14(12)13/h2-3,5,8,10,13H,4,6-7,9,19H2,1H3. The van der Waals surface area contributed by atoms with Crippen molar-refractivity contribution in [2.45, 2.75) is 38.6 Å². The largest absolute Gasteiger partial charge is 0.397 e. The van der Waals surface area contributed by atoms with Gasteiger partial charge in [0.05, 0.1) is 10.2 Å². The Hall–Kier alpha value is -1.55. The van der Waals surface area contributed by atoms with Crippen LogP contribution in [0.15, 0.2) is 39.7 Å². The zero-order chi connectivity index (χ0) is 15.0. The van der Waals surface area contributed by atoms with Crippen LogP contribution < -0.4 is 11.3 Å². The second-order valence-corrected chi connectivity index (χ2v) is 6.56. The fraction of sp³-hybridized carbons (Fsp3) is 0.353. The summed E-state index contributed by atoms with van der Waals surface area (Å²) in [5, 5.41) is 0. The fourth-order valence-electron chi connectivity index (χ4n) is 3.15. The van der Waals surface area contributed by atoms with Crippen molar-refractivity contribution >= 4 is 21.6 Å². The Morgan fingerprint density at radius 3 is 2.95 bits per heavy atom. The smallest absolute Gasteiger partial charge is 0.265 e. The lowest BCUT2D eigenvalue weighted by atomic mass is 9.83. The highest BCUT2D eigenvalue weighted by Crippen LogP contribution is 2.32. The third-order valence-corrected chi connectivity index (χ3v) is 5.35. The SMILES string of the molecule is Cc1c(N)cn(CC2CCCc3ccccc32)c(=O)c1Br. The van der Waals surface area contributed by atoms with Gasteiger partial charge in [0.2, 0.25) is 0 Å². The molecule has 1 aromatic heterocycles. The second-order valence-electron chi connectivity index (χ2n) is 5.77. The number of nitrogens with two attached hydrogens (primary N) is 1. The van der Waals surface area contributed by atoms with E-state index in [0.29, 0.717) is 22.6 Å². The molecule has 3 rings (SSSR count). The van der Waals surface area contributed by atoms with E-state index in [2.05, 4.69) is 40.2 Å². The third-order valence-electron chi connectivity index (χ3n) is 4.42. The molecule has 0 amide bonds. The number of aryl methyl sites for hydroxylation is 1. The van der Waals surface area contributed by atoms with E-state index in [4.69, 9.17) is 5.73 Å². The Labute approximate surface area is 132 Å². The Kier molecular flexibility index (Phi) is 3.89. The van der Waals surface area contributed by atoms with E-state index in [1.54, 1.807) is 10.8 Å². The molecule has 0 spiro atoms. The fourth-order valence-corrected chi connectivity index (χ4v) is 3.61. The summed E-state index contributed by atoms with van der Waals surface area (Å²) >= 11 is 3.36. The number of anilines is 1. The molecule has 0 saturated carbocycles. The molecule has 2 aromatic rings. The van der Waals surface area contributed by atoms with E-state index in [1.165, 1.54) is 17.5 Å². The van der Waals surface area contributed by atoms with Crippen LogP contribution in [0.4, 0.5) is 5.69 Å². The van der Waals surface area contributed by atoms with Gasteiger partial charge in [-0.1, -0.05) is 24.3 Å². The van der Waals surface area contributed by atoms with Crippen molar-refractivity contribution in [3.63, 3.8) is 0 Å². The Bertz CT molecular complexity index is 736. The first-order chi connectivity index (χ1) is 10.1. The third kappa shape index (κ3) is 2.64. The van der Waals surface area contributed by atoms with Crippen LogP contribution in [0.3, 0.4) is 0 Å². The van der Waals surface area contributed by atoms with E-state index in [0.717, 1.165) is 18.4 Å². The van der Waals surface area contributed by atoms with Crippen LogP contribution in [0.1, 0.15) is 35.4 Å². The van der Waals surface area contributed by atoms with Crippen LogP contribution in [0.5, 0.6) is 0 Å². The van der Waals surface area contributed by atoms with Crippen molar-refractivity contribution in [1.82, 2.24) is 4.57 Å². The monoisotopic (exact) mass is 346 g/mol. The van der Waals surface area contributed by atoms with Crippen molar-refractivity contribution in [3.8, 4) is 0 Å². The molecule has 2 N–H and O–H groups in total. The summed E-state index contributed by atoms with van der Waals surface area (Å²) in [6.07, 6.45) is 5.22. The number of halogens is 1. The molecule has 1 unspecified atom stereocenters. The van der Waals surface area contributed by atoms with Crippen molar-refractivity contribution in [3.05, 3.63) is 62.0 Å². The van der Waals surface area contributed by atoms with Crippen LogP contribution in [-0.4, -0.2) is 4.57 Å². The minimum absolute atomic E-state index is 0.00440. The predicted octanol–water partition coefficient (Wildman–Crippen LogP) is 3.62. The van der Waals surface area contributed by atoms with Crippen LogP contribution in [0.25, 0.3) is 0 Å². The van der Waals surface area contributed by atoms with E-state index in [9.17, 15) is 4.79 Å². The van der Waals surface area contributed by atoms with Gasteiger partial charge in [0.25, 0.3) is 5.56 Å². The summed E-state index contributed by atoms with van der Waals surface area (Å²) in [5.74, 6) is 0.390. The van der Waals surface area contributed by atoms with Crippen LogP contribution in [0.2, 0.25) is 0 Å². The lowest BCUT2D eigenvalue weighted by molar-refractivity contribution is 0.475. The normalized spacial score (nSPS) is 17.5. The summed E-state index contributed by atoms with van der Waals surface area (Å²) in [5.41, 5.74) is 10.3. The molecular formula is C17H19BrN2O. The maximum absolute atomic E-state index is 12.4. The molecule has 3 nitrogen and oxygen atoms in total. The minimum atomic E-state index is 0.00440. The molecule has 1 aromatic carbocycles. The van der Waals surface area contributed by atoms with Crippen molar-refractivity contribution in [2.75, 3.05) is 5.73 Å². The van der Waals surface area contributed by atoms with Gasteiger partial charge >= 0.3 is 0 Å². The Morgan fingerprint density at radius 1 is 1.38 bits per heavy atom. The molecule has 0 fully saturated rings. The second kappa shape index (κ2) is 5.68. The molecule has 0 radical (unpaired) electrons. The zero-order valence-electron chi connectivity index (χ0n) is 12.1. The average molecular weight is 347 g/mol. The predicted molar refractivity (Wildman–Crippen MR) is 89.7 cm³/mol. The van der Waals surface area contributed by atoms with Crippen LogP contribution >= 0.6 is 15.9 Å². The molecule has 1 atom stereocenters. The van der Waals surface area contributed by atoms with Gasteiger partial charge in [0, 0.05) is 18.7 Å². The molecule has 4 heteroatoms. The van der Waals surface area contributed by atoms with E-state index in [1.807, 2.05) is 6.92 Å². The quantitative estimate of drug-likeness (QED) is 0.902. The van der Waals surface area contributed by atoms with Gasteiger partial charge < -0.3 is 10.3 Å². The van der Waals surface area contributed by atoms with E-state index in [-0.39, 0.29) is 5.56 Å². The lowest BCUT2D eigenvalue weighted by Crippen LogP contribution is -2.26. The first kappa shape index (κ1) is 14.4. The average Bonchev–Trinajstić information content (AvgIpc) is 2.51. The van der Waals surface area contributed by atoms with Crippen molar-refractivity contribution < 1.29 is 0 Å². The molecule has 1 aliphatic carbocycles. The number of rotatable bonds is 2. The van der Waals surface area contributed by atoms with E-state index < -0.39 is 0 Å². The maximum Gasteiger partial charge on any atom is 0.265 e. The van der Waals surface area contributed by atoms with Gasteiger partial charge in [0.1, 0.15) is 0 Å². The van der Waals surface area contributed by atoms with Crippen molar-refractivity contribution in [2.24, 2.45) is 0 Å². The minimum Gasteiger partial charge on any atom is -0.397 e. The van der Waals surface area contributed by atoms with E-state index >= 15 is 0 Å². The Morgan fingerprint density at radius 2 is 2.14 bits per heavy atom. The van der Waals surface area contributed by atoms with Crippen LogP contribution in [0, 0.1) is 6.92 Å². The number of nitrogen functional groups attached to an aromatic ring is 1.